The summed E-state index contributed by atoms with van der Waals surface area (Å²) in [5.41, 5.74) is 0. The van der Waals surface area contributed by atoms with Crippen molar-refractivity contribution >= 4 is 18.8 Å². The lowest BCUT2D eigenvalue weighted by atomic mass is 10.4. The number of urea groups is 1. The van der Waals surface area contributed by atoms with Gasteiger partial charge < -0.3 is 10.4 Å². The van der Waals surface area contributed by atoms with Crippen LogP contribution in [-0.2, 0) is 0 Å². The molecule has 0 bridgehead atoms. The molecular weight excluding hydrogens is 140 g/mol. The van der Waals surface area contributed by atoms with Crippen molar-refractivity contribution in [3.8, 4) is 0 Å². The summed E-state index contributed by atoms with van der Waals surface area (Å²) >= 11 is 3.47. The zero-order valence-electron chi connectivity index (χ0n) is 5.09. The summed E-state index contributed by atoms with van der Waals surface area (Å²) in [5, 5.41) is 11.0. The highest BCUT2D eigenvalue weighted by atomic mass is 32.1. The van der Waals surface area contributed by atoms with Gasteiger partial charge in [-0.15, -0.1) is 0 Å². The summed E-state index contributed by atoms with van der Waals surface area (Å²) < 4.78 is 2.05. The van der Waals surface area contributed by atoms with E-state index in [4.69, 9.17) is 5.11 Å². The Balaban J connectivity index is 3.17. The van der Waals surface area contributed by atoms with Crippen molar-refractivity contribution in [3.63, 3.8) is 0 Å². The van der Waals surface area contributed by atoms with E-state index in [1.165, 1.54) is 0 Å². The zero-order valence-corrected chi connectivity index (χ0v) is 5.98. The number of hydrogen-bond donors (Lipinski definition) is 4. The number of carbonyl (C=O) groups is 1. The van der Waals surface area contributed by atoms with Crippen LogP contribution in [0.2, 0.25) is 0 Å². The van der Waals surface area contributed by atoms with Gasteiger partial charge in [-0.1, -0.05) is 12.8 Å². The van der Waals surface area contributed by atoms with E-state index in [0.717, 1.165) is 0 Å². The average Bonchev–Trinajstić information content (AvgIpc) is 1.83. The maximum Gasteiger partial charge on any atom is 0.324 e. The monoisotopic (exact) mass is 150 g/mol. The van der Waals surface area contributed by atoms with Crippen molar-refractivity contribution in [1.82, 2.24) is 10.0 Å². The van der Waals surface area contributed by atoms with E-state index >= 15 is 0 Å². The minimum atomic E-state index is -0.518. The lowest BCUT2D eigenvalue weighted by molar-refractivity contribution is 0.189. The van der Waals surface area contributed by atoms with E-state index in [1.807, 2.05) is 0 Å². The molecule has 1 atom stereocenters. The van der Waals surface area contributed by atoms with Crippen LogP contribution in [0.4, 0.5) is 4.79 Å². The first-order chi connectivity index (χ1) is 4.16. The van der Waals surface area contributed by atoms with Crippen molar-refractivity contribution in [3.05, 3.63) is 0 Å². The summed E-state index contributed by atoms with van der Waals surface area (Å²) in [6.07, 6.45) is -0.518. The first kappa shape index (κ1) is 8.58. The largest absolute Gasteiger partial charge is 0.392 e. The van der Waals surface area contributed by atoms with Crippen molar-refractivity contribution < 1.29 is 9.90 Å². The zero-order chi connectivity index (χ0) is 7.28. The fourth-order valence-corrected chi connectivity index (χ4v) is 0.359. The fourth-order valence-electron chi connectivity index (χ4n) is 0.280. The molecule has 0 saturated heterocycles. The molecule has 0 rings (SSSR count). The van der Waals surface area contributed by atoms with E-state index in [1.54, 1.807) is 6.92 Å². The number of hydrogen-bond acceptors (Lipinski definition) is 3. The van der Waals surface area contributed by atoms with Crippen molar-refractivity contribution in [2.75, 3.05) is 6.54 Å². The molecule has 0 aromatic carbocycles. The molecule has 0 aromatic rings. The Morgan fingerprint density at radius 1 is 1.89 bits per heavy atom. The Hall–Kier alpha value is -0.420. The molecule has 0 aliphatic carbocycles. The molecule has 9 heavy (non-hydrogen) atoms. The summed E-state index contributed by atoms with van der Waals surface area (Å²) in [4.78, 5) is 10.3. The molecule has 2 amide bonds. The van der Waals surface area contributed by atoms with Gasteiger partial charge in [-0.05, 0) is 6.92 Å². The topological polar surface area (TPSA) is 61.4 Å². The van der Waals surface area contributed by atoms with Crippen LogP contribution in [0, 0.1) is 0 Å². The molecule has 5 heteroatoms. The SMILES string of the molecule is CC(O)CNC(=O)NS. The van der Waals surface area contributed by atoms with Crippen LogP contribution in [0.5, 0.6) is 0 Å². The summed E-state index contributed by atoms with van der Waals surface area (Å²) in [5.74, 6) is 0. The molecule has 4 nitrogen and oxygen atoms in total. The molecule has 0 aromatic heterocycles. The number of carbonyl (C=O) groups excluding carboxylic acids is 1. The highest BCUT2D eigenvalue weighted by molar-refractivity contribution is 7.78. The van der Waals surface area contributed by atoms with Gasteiger partial charge in [0.15, 0.2) is 0 Å². The van der Waals surface area contributed by atoms with Gasteiger partial charge in [0.1, 0.15) is 0 Å². The van der Waals surface area contributed by atoms with Crippen LogP contribution >= 0.6 is 12.8 Å². The van der Waals surface area contributed by atoms with Crippen molar-refractivity contribution in [2.24, 2.45) is 0 Å². The van der Waals surface area contributed by atoms with Gasteiger partial charge in [-0.2, -0.15) is 0 Å². The molecule has 0 radical (unpaired) electrons. The molecule has 0 fully saturated rings. The third-order valence-corrected chi connectivity index (χ3v) is 0.863. The summed E-state index contributed by atoms with van der Waals surface area (Å²) in [6, 6.07) is -0.403. The van der Waals surface area contributed by atoms with E-state index in [2.05, 4.69) is 22.9 Å². The maximum absolute atomic E-state index is 10.3. The average molecular weight is 150 g/mol. The maximum atomic E-state index is 10.3. The second kappa shape index (κ2) is 4.46. The number of aliphatic hydroxyl groups excluding tert-OH is 1. The lowest BCUT2D eigenvalue weighted by Gasteiger charge is -2.04. The Labute approximate surface area is 59.2 Å². The predicted molar refractivity (Wildman–Crippen MR) is 37.2 cm³/mol. The quantitative estimate of drug-likeness (QED) is 0.401. The Morgan fingerprint density at radius 3 is 2.78 bits per heavy atom. The van der Waals surface area contributed by atoms with Crippen LogP contribution in [0.15, 0.2) is 0 Å². The smallest absolute Gasteiger partial charge is 0.324 e. The van der Waals surface area contributed by atoms with E-state index in [0.29, 0.717) is 0 Å². The van der Waals surface area contributed by atoms with Crippen LogP contribution in [-0.4, -0.2) is 23.8 Å². The van der Waals surface area contributed by atoms with Crippen LogP contribution < -0.4 is 10.0 Å². The van der Waals surface area contributed by atoms with Crippen LogP contribution in [0.25, 0.3) is 0 Å². The molecule has 0 aliphatic heterocycles. The molecule has 1 unspecified atom stereocenters. The number of nitrogens with one attached hydrogen (secondary N) is 2. The third-order valence-electron chi connectivity index (χ3n) is 0.660. The van der Waals surface area contributed by atoms with Gasteiger partial charge in [-0.3, -0.25) is 4.72 Å². The van der Waals surface area contributed by atoms with Crippen LogP contribution in [0.3, 0.4) is 0 Å². The van der Waals surface area contributed by atoms with E-state index in [9.17, 15) is 4.79 Å². The number of thiol groups is 1. The Morgan fingerprint density at radius 2 is 2.44 bits per heavy atom. The summed E-state index contributed by atoms with van der Waals surface area (Å²) in [7, 11) is 0. The Bertz CT molecular complexity index is 96.6. The summed E-state index contributed by atoms with van der Waals surface area (Å²) in [6.45, 7) is 1.82. The van der Waals surface area contributed by atoms with E-state index < -0.39 is 12.1 Å². The fraction of sp³-hybridized carbons (Fsp3) is 0.750. The number of amides is 2. The molecule has 0 aliphatic rings. The first-order valence-corrected chi connectivity index (χ1v) is 2.97. The first-order valence-electron chi connectivity index (χ1n) is 2.53. The predicted octanol–water partition coefficient (Wildman–Crippen LogP) is -0.489. The highest BCUT2D eigenvalue weighted by Gasteiger charge is 1.97. The van der Waals surface area contributed by atoms with Gasteiger partial charge in [0.05, 0.1) is 6.10 Å². The van der Waals surface area contributed by atoms with Gasteiger partial charge in [0, 0.05) is 6.54 Å². The molecular formula is C4H10N2O2S. The minimum absolute atomic E-state index is 0.242. The molecule has 3 N–H and O–H groups in total. The molecule has 0 saturated carbocycles. The standard InChI is InChI=1S/C4H10N2O2S/c1-3(7)2-5-4(8)6-9/h3,7,9H,2H2,1H3,(H2,5,6,8). The van der Waals surface area contributed by atoms with E-state index in [-0.39, 0.29) is 6.54 Å². The number of aliphatic hydroxyl groups is 1. The lowest BCUT2D eigenvalue weighted by Crippen LogP contribution is -2.34. The minimum Gasteiger partial charge on any atom is -0.392 e. The van der Waals surface area contributed by atoms with Gasteiger partial charge >= 0.3 is 6.03 Å². The molecule has 54 valence electrons. The van der Waals surface area contributed by atoms with Crippen molar-refractivity contribution in [1.29, 1.82) is 0 Å². The van der Waals surface area contributed by atoms with Gasteiger partial charge in [0.25, 0.3) is 0 Å². The molecule has 0 heterocycles. The second-order valence-electron chi connectivity index (χ2n) is 1.67. The van der Waals surface area contributed by atoms with Gasteiger partial charge in [0.2, 0.25) is 0 Å². The second-order valence-corrected chi connectivity index (χ2v) is 1.89. The Kier molecular flexibility index (Phi) is 4.25. The highest BCUT2D eigenvalue weighted by Crippen LogP contribution is 1.74. The number of rotatable bonds is 2. The van der Waals surface area contributed by atoms with Crippen molar-refractivity contribution in [2.45, 2.75) is 13.0 Å². The third kappa shape index (κ3) is 5.45. The van der Waals surface area contributed by atoms with Crippen LogP contribution in [0.1, 0.15) is 6.92 Å². The molecule has 0 spiro atoms. The van der Waals surface area contributed by atoms with Gasteiger partial charge in [-0.25, -0.2) is 4.79 Å². The normalized spacial score (nSPS) is 12.3.